The van der Waals surface area contributed by atoms with Gasteiger partial charge in [0.05, 0.1) is 0 Å². The first kappa shape index (κ1) is 15.9. The van der Waals surface area contributed by atoms with E-state index >= 15 is 0 Å². The lowest BCUT2D eigenvalue weighted by Gasteiger charge is -2.10. The predicted octanol–water partition coefficient (Wildman–Crippen LogP) is 4.11. The molecule has 3 nitrogen and oxygen atoms in total. The minimum absolute atomic E-state index is 0.00391. The summed E-state index contributed by atoms with van der Waals surface area (Å²) in [5, 5.41) is 3.48. The van der Waals surface area contributed by atoms with Crippen LogP contribution in [0.25, 0.3) is 0 Å². The molecule has 0 aliphatic carbocycles. The first-order chi connectivity index (χ1) is 10.0. The number of hydrogen-bond donors (Lipinski definition) is 1. The van der Waals surface area contributed by atoms with Crippen molar-refractivity contribution >= 4 is 33.4 Å². The highest BCUT2D eigenvalue weighted by Crippen LogP contribution is 2.21. The van der Waals surface area contributed by atoms with E-state index in [0.29, 0.717) is 17.3 Å². The van der Waals surface area contributed by atoms with Gasteiger partial charge in [-0.2, -0.15) is 0 Å². The standard InChI is InChI=1S/C16H15BrClNO2/c1-11-8-13(17)4-7-15(11)21-10-16(20)19-9-12-2-5-14(18)6-3-12/h2-8H,9-10H2,1H3,(H,19,20). The average Bonchev–Trinajstić information content (AvgIpc) is 2.46. The van der Waals surface area contributed by atoms with Gasteiger partial charge in [-0.25, -0.2) is 0 Å². The molecule has 110 valence electrons. The van der Waals surface area contributed by atoms with Crippen molar-refractivity contribution in [3.63, 3.8) is 0 Å². The third-order valence-corrected chi connectivity index (χ3v) is 3.64. The molecular formula is C16H15BrClNO2. The fourth-order valence-corrected chi connectivity index (χ4v) is 2.37. The van der Waals surface area contributed by atoms with Gasteiger partial charge >= 0.3 is 0 Å². The van der Waals surface area contributed by atoms with Crippen molar-refractivity contribution < 1.29 is 9.53 Å². The normalized spacial score (nSPS) is 10.2. The van der Waals surface area contributed by atoms with Gasteiger partial charge in [0, 0.05) is 16.0 Å². The van der Waals surface area contributed by atoms with Crippen LogP contribution in [0.15, 0.2) is 46.9 Å². The van der Waals surface area contributed by atoms with E-state index in [-0.39, 0.29) is 12.5 Å². The van der Waals surface area contributed by atoms with Crippen molar-refractivity contribution in [3.05, 3.63) is 63.1 Å². The zero-order valence-corrected chi connectivity index (χ0v) is 13.9. The lowest BCUT2D eigenvalue weighted by molar-refractivity contribution is -0.123. The van der Waals surface area contributed by atoms with Gasteiger partial charge in [0.15, 0.2) is 6.61 Å². The topological polar surface area (TPSA) is 38.3 Å². The van der Waals surface area contributed by atoms with Crippen LogP contribution in [0, 0.1) is 6.92 Å². The molecule has 0 atom stereocenters. The second-order valence-electron chi connectivity index (χ2n) is 4.60. The van der Waals surface area contributed by atoms with E-state index in [4.69, 9.17) is 16.3 Å². The highest BCUT2D eigenvalue weighted by molar-refractivity contribution is 9.10. The summed E-state index contributed by atoms with van der Waals surface area (Å²) in [7, 11) is 0. The molecule has 0 unspecified atom stereocenters. The summed E-state index contributed by atoms with van der Waals surface area (Å²) in [6.07, 6.45) is 0. The Morgan fingerprint density at radius 1 is 1.24 bits per heavy atom. The van der Waals surface area contributed by atoms with E-state index in [0.717, 1.165) is 15.6 Å². The van der Waals surface area contributed by atoms with E-state index in [1.54, 1.807) is 12.1 Å². The zero-order chi connectivity index (χ0) is 15.2. The third-order valence-electron chi connectivity index (χ3n) is 2.90. The SMILES string of the molecule is Cc1cc(Br)ccc1OCC(=O)NCc1ccc(Cl)cc1. The highest BCUT2D eigenvalue weighted by atomic mass is 79.9. The number of halogens is 2. The van der Waals surface area contributed by atoms with E-state index in [1.807, 2.05) is 37.3 Å². The first-order valence-corrected chi connectivity index (χ1v) is 7.62. The summed E-state index contributed by atoms with van der Waals surface area (Å²) in [6.45, 7) is 2.39. The Kier molecular flexibility index (Phi) is 5.65. The van der Waals surface area contributed by atoms with Crippen molar-refractivity contribution in [2.45, 2.75) is 13.5 Å². The molecule has 0 heterocycles. The Labute approximate surface area is 137 Å². The Balaban J connectivity index is 1.80. The Morgan fingerprint density at radius 3 is 2.62 bits per heavy atom. The van der Waals surface area contributed by atoms with Crippen LogP contribution in [0.4, 0.5) is 0 Å². The lowest BCUT2D eigenvalue weighted by Crippen LogP contribution is -2.28. The van der Waals surface area contributed by atoms with E-state index in [9.17, 15) is 4.79 Å². The van der Waals surface area contributed by atoms with Gasteiger partial charge in [0.2, 0.25) is 0 Å². The van der Waals surface area contributed by atoms with Crippen molar-refractivity contribution in [3.8, 4) is 5.75 Å². The van der Waals surface area contributed by atoms with E-state index < -0.39 is 0 Å². The van der Waals surface area contributed by atoms with Gasteiger partial charge in [-0.3, -0.25) is 4.79 Å². The number of carbonyl (C=O) groups excluding carboxylic acids is 1. The van der Waals surface area contributed by atoms with Gasteiger partial charge in [-0.05, 0) is 48.4 Å². The smallest absolute Gasteiger partial charge is 0.258 e. The molecule has 1 amide bonds. The molecule has 0 fully saturated rings. The Hall–Kier alpha value is -1.52. The summed E-state index contributed by atoms with van der Waals surface area (Å²) < 4.78 is 6.49. The molecule has 0 spiro atoms. The van der Waals surface area contributed by atoms with Gasteiger partial charge in [-0.15, -0.1) is 0 Å². The predicted molar refractivity (Wildman–Crippen MR) is 87.7 cm³/mol. The molecule has 1 N–H and O–H groups in total. The summed E-state index contributed by atoms with van der Waals surface area (Å²) in [5.74, 6) is 0.548. The van der Waals surface area contributed by atoms with Crippen LogP contribution < -0.4 is 10.1 Å². The van der Waals surface area contributed by atoms with Crippen molar-refractivity contribution in [1.29, 1.82) is 0 Å². The van der Waals surface area contributed by atoms with Gasteiger partial charge < -0.3 is 10.1 Å². The molecule has 2 rings (SSSR count). The van der Waals surface area contributed by atoms with Crippen LogP contribution in [-0.2, 0) is 11.3 Å². The summed E-state index contributed by atoms with van der Waals surface area (Å²) in [5.41, 5.74) is 1.97. The molecule has 0 bridgehead atoms. The number of amides is 1. The fraction of sp³-hybridized carbons (Fsp3) is 0.188. The van der Waals surface area contributed by atoms with Crippen molar-refractivity contribution in [1.82, 2.24) is 5.32 Å². The van der Waals surface area contributed by atoms with Crippen molar-refractivity contribution in [2.24, 2.45) is 0 Å². The van der Waals surface area contributed by atoms with Crippen LogP contribution in [-0.4, -0.2) is 12.5 Å². The summed E-state index contributed by atoms with van der Waals surface area (Å²) in [4.78, 5) is 11.8. The second-order valence-corrected chi connectivity index (χ2v) is 5.95. The Morgan fingerprint density at radius 2 is 1.95 bits per heavy atom. The number of benzene rings is 2. The molecule has 21 heavy (non-hydrogen) atoms. The van der Waals surface area contributed by atoms with Gasteiger partial charge in [0.1, 0.15) is 5.75 Å². The fourth-order valence-electron chi connectivity index (χ4n) is 1.77. The summed E-state index contributed by atoms with van der Waals surface area (Å²) in [6, 6.07) is 13.0. The highest BCUT2D eigenvalue weighted by Gasteiger charge is 2.05. The lowest BCUT2D eigenvalue weighted by atomic mass is 10.2. The quantitative estimate of drug-likeness (QED) is 0.862. The summed E-state index contributed by atoms with van der Waals surface area (Å²) >= 11 is 9.20. The zero-order valence-electron chi connectivity index (χ0n) is 11.5. The molecule has 0 aliphatic heterocycles. The van der Waals surface area contributed by atoms with Crippen molar-refractivity contribution in [2.75, 3.05) is 6.61 Å². The minimum atomic E-state index is -0.160. The third kappa shape index (κ3) is 5.06. The number of rotatable bonds is 5. The molecule has 0 aliphatic rings. The molecule has 0 radical (unpaired) electrons. The van der Waals surface area contributed by atoms with Crippen LogP contribution in [0.3, 0.4) is 0 Å². The van der Waals surface area contributed by atoms with Gasteiger partial charge in [-0.1, -0.05) is 39.7 Å². The average molecular weight is 369 g/mol. The van der Waals surface area contributed by atoms with Crippen LogP contribution in [0.5, 0.6) is 5.75 Å². The number of nitrogens with one attached hydrogen (secondary N) is 1. The van der Waals surface area contributed by atoms with Crippen LogP contribution in [0.2, 0.25) is 5.02 Å². The molecule has 0 aromatic heterocycles. The largest absolute Gasteiger partial charge is 0.484 e. The maximum absolute atomic E-state index is 11.8. The van der Waals surface area contributed by atoms with Crippen LogP contribution in [0.1, 0.15) is 11.1 Å². The molecule has 2 aromatic rings. The van der Waals surface area contributed by atoms with E-state index in [1.165, 1.54) is 0 Å². The number of aryl methyl sites for hydroxylation is 1. The molecule has 5 heteroatoms. The molecule has 2 aromatic carbocycles. The monoisotopic (exact) mass is 367 g/mol. The maximum atomic E-state index is 11.8. The number of carbonyl (C=O) groups is 1. The maximum Gasteiger partial charge on any atom is 0.258 e. The Bertz CT molecular complexity index is 629. The number of hydrogen-bond acceptors (Lipinski definition) is 2. The van der Waals surface area contributed by atoms with Crippen LogP contribution >= 0.6 is 27.5 Å². The molecule has 0 saturated heterocycles. The first-order valence-electron chi connectivity index (χ1n) is 6.44. The molecular weight excluding hydrogens is 354 g/mol. The number of ether oxygens (including phenoxy) is 1. The minimum Gasteiger partial charge on any atom is -0.484 e. The van der Waals surface area contributed by atoms with E-state index in [2.05, 4.69) is 21.2 Å². The second kappa shape index (κ2) is 7.48. The molecule has 0 saturated carbocycles. The van der Waals surface area contributed by atoms with Gasteiger partial charge in [0.25, 0.3) is 5.91 Å².